The number of hydrogen-bond acceptors (Lipinski definition) is 4. The number of alkyl halides is 3. The third-order valence-electron chi connectivity index (χ3n) is 4.50. The number of benzene rings is 3. The first-order valence-corrected chi connectivity index (χ1v) is 11.8. The highest BCUT2D eigenvalue weighted by molar-refractivity contribution is 7.92. The molecule has 6 nitrogen and oxygen atoms in total. The van der Waals surface area contributed by atoms with Gasteiger partial charge in [-0.2, -0.15) is 13.2 Å². The van der Waals surface area contributed by atoms with Crippen molar-refractivity contribution in [1.82, 2.24) is 0 Å². The lowest BCUT2D eigenvalue weighted by molar-refractivity contribution is -0.137. The normalized spacial score (nSPS) is 11.7. The lowest BCUT2D eigenvalue weighted by Crippen LogP contribution is -2.21. The molecule has 0 aliphatic rings. The van der Waals surface area contributed by atoms with E-state index in [9.17, 15) is 26.4 Å². The van der Waals surface area contributed by atoms with Gasteiger partial charge in [-0.3, -0.25) is 9.52 Å². The van der Waals surface area contributed by atoms with Crippen molar-refractivity contribution in [2.75, 3.05) is 16.6 Å². The average molecular weight is 533 g/mol. The minimum atomic E-state index is -4.59. The van der Waals surface area contributed by atoms with E-state index in [0.717, 1.165) is 17.7 Å². The minimum absolute atomic E-state index is 0.0586. The van der Waals surface area contributed by atoms with Gasteiger partial charge in [0.15, 0.2) is 6.61 Å². The monoisotopic (exact) mass is 532 g/mol. The zero-order valence-electron chi connectivity index (χ0n) is 17.4. The van der Waals surface area contributed by atoms with E-state index in [4.69, 9.17) is 27.9 Å². The molecule has 3 rings (SSSR count). The Hall–Kier alpha value is -2.95. The molecule has 0 aliphatic heterocycles. The Bertz CT molecular complexity index is 1310. The number of nitrogens with one attached hydrogen (secondary N) is 2. The molecule has 0 bridgehead atoms. The number of rotatable bonds is 7. The van der Waals surface area contributed by atoms with Crippen LogP contribution < -0.4 is 14.8 Å². The summed E-state index contributed by atoms with van der Waals surface area (Å²) in [6.07, 6.45) is -4.59. The maximum Gasteiger partial charge on any atom is 0.416 e. The third-order valence-corrected chi connectivity index (χ3v) is 6.63. The summed E-state index contributed by atoms with van der Waals surface area (Å²) in [6, 6.07) is 12.5. The van der Waals surface area contributed by atoms with E-state index in [2.05, 4.69) is 10.0 Å². The summed E-state index contributed by atoms with van der Waals surface area (Å²) in [4.78, 5) is 12.0. The van der Waals surface area contributed by atoms with Gasteiger partial charge in [-0.25, -0.2) is 8.42 Å². The van der Waals surface area contributed by atoms with Crippen molar-refractivity contribution in [1.29, 1.82) is 0 Å². The number of anilines is 2. The summed E-state index contributed by atoms with van der Waals surface area (Å²) in [5.41, 5.74) is -0.0911. The lowest BCUT2D eigenvalue weighted by Gasteiger charge is -2.12. The van der Waals surface area contributed by atoms with Crippen LogP contribution >= 0.6 is 23.2 Å². The Balaban J connectivity index is 1.61. The molecular weight excluding hydrogens is 516 g/mol. The third kappa shape index (κ3) is 6.55. The molecule has 0 saturated carbocycles. The predicted molar refractivity (Wildman–Crippen MR) is 124 cm³/mol. The van der Waals surface area contributed by atoms with Crippen LogP contribution in [0.15, 0.2) is 65.6 Å². The van der Waals surface area contributed by atoms with Gasteiger partial charge in [-0.15, -0.1) is 0 Å². The standard InChI is InChI=1S/C22H17Cl2F3N2O4S/c1-13-2-4-15(11-19(13)24)29-34(31,32)17-7-5-16(6-8-17)33-12-21(30)28-20-10-14(22(25,26)27)3-9-18(20)23/h2-11,29H,12H2,1H3,(H,28,30). The van der Waals surface area contributed by atoms with Gasteiger partial charge in [-0.1, -0.05) is 29.3 Å². The van der Waals surface area contributed by atoms with Crippen molar-refractivity contribution in [2.24, 2.45) is 0 Å². The van der Waals surface area contributed by atoms with Gasteiger partial charge in [0.05, 0.1) is 26.9 Å². The molecule has 0 aromatic heterocycles. The number of hydrogen-bond donors (Lipinski definition) is 2. The van der Waals surface area contributed by atoms with Crippen molar-refractivity contribution in [2.45, 2.75) is 18.0 Å². The number of sulfonamides is 1. The Kier molecular flexibility index (Phi) is 7.64. The molecule has 0 aliphatic carbocycles. The van der Waals surface area contributed by atoms with Gasteiger partial charge >= 0.3 is 6.18 Å². The van der Waals surface area contributed by atoms with Crippen molar-refractivity contribution in [3.63, 3.8) is 0 Å². The zero-order chi connectivity index (χ0) is 25.1. The predicted octanol–water partition coefficient (Wildman–Crippen LogP) is 6.14. The number of halogens is 5. The van der Waals surface area contributed by atoms with Gasteiger partial charge in [0, 0.05) is 5.02 Å². The van der Waals surface area contributed by atoms with Crippen LogP contribution in [0.25, 0.3) is 0 Å². The summed E-state index contributed by atoms with van der Waals surface area (Å²) < 4.78 is 71.3. The highest BCUT2D eigenvalue weighted by Crippen LogP contribution is 2.33. The molecule has 12 heteroatoms. The van der Waals surface area contributed by atoms with Crippen LogP contribution in [-0.4, -0.2) is 20.9 Å². The summed E-state index contributed by atoms with van der Waals surface area (Å²) in [6.45, 7) is 1.24. The molecule has 34 heavy (non-hydrogen) atoms. The molecule has 0 heterocycles. The average Bonchev–Trinajstić information content (AvgIpc) is 2.76. The second kappa shape index (κ2) is 10.1. The smallest absolute Gasteiger partial charge is 0.416 e. The van der Waals surface area contributed by atoms with Crippen LogP contribution in [0.2, 0.25) is 10.0 Å². The summed E-state index contributed by atoms with van der Waals surface area (Å²) >= 11 is 11.9. The SMILES string of the molecule is Cc1ccc(NS(=O)(=O)c2ccc(OCC(=O)Nc3cc(C(F)(F)F)ccc3Cl)cc2)cc1Cl. The van der Waals surface area contributed by atoms with E-state index in [1.807, 2.05) is 0 Å². The quantitative estimate of drug-likeness (QED) is 0.382. The largest absolute Gasteiger partial charge is 0.484 e. The highest BCUT2D eigenvalue weighted by atomic mass is 35.5. The van der Waals surface area contributed by atoms with Crippen LogP contribution in [0.4, 0.5) is 24.5 Å². The van der Waals surface area contributed by atoms with E-state index in [0.29, 0.717) is 16.8 Å². The summed E-state index contributed by atoms with van der Waals surface area (Å²) in [7, 11) is -3.90. The van der Waals surface area contributed by atoms with E-state index in [1.165, 1.54) is 30.3 Å². The van der Waals surface area contributed by atoms with Gasteiger partial charge in [-0.05, 0) is 67.1 Å². The number of ether oxygens (including phenoxy) is 1. The molecule has 0 saturated heterocycles. The van der Waals surface area contributed by atoms with Gasteiger partial charge in [0.25, 0.3) is 15.9 Å². The molecule has 180 valence electrons. The second-order valence-corrected chi connectivity index (χ2v) is 9.57. The van der Waals surface area contributed by atoms with Crippen molar-refractivity contribution >= 4 is 50.5 Å². The molecule has 0 unspecified atom stereocenters. The van der Waals surface area contributed by atoms with E-state index >= 15 is 0 Å². The lowest BCUT2D eigenvalue weighted by atomic mass is 10.2. The first-order valence-electron chi connectivity index (χ1n) is 9.53. The fraction of sp³-hybridized carbons (Fsp3) is 0.136. The van der Waals surface area contributed by atoms with Crippen LogP contribution in [0.1, 0.15) is 11.1 Å². The summed E-state index contributed by atoms with van der Waals surface area (Å²) in [5, 5.41) is 2.59. The molecule has 2 N–H and O–H groups in total. The molecule has 0 radical (unpaired) electrons. The van der Waals surface area contributed by atoms with Gasteiger partial charge in [0.1, 0.15) is 5.75 Å². The number of aryl methyl sites for hydroxylation is 1. The second-order valence-electron chi connectivity index (χ2n) is 7.07. The molecule has 3 aromatic rings. The molecule has 1 amide bonds. The van der Waals surface area contributed by atoms with Gasteiger partial charge < -0.3 is 10.1 Å². The van der Waals surface area contributed by atoms with E-state index in [-0.39, 0.29) is 21.4 Å². The number of amides is 1. The van der Waals surface area contributed by atoms with E-state index < -0.39 is 34.3 Å². The first kappa shape index (κ1) is 25.7. The minimum Gasteiger partial charge on any atom is -0.484 e. The van der Waals surface area contributed by atoms with Gasteiger partial charge in [0.2, 0.25) is 0 Å². The van der Waals surface area contributed by atoms with Crippen LogP contribution in [-0.2, 0) is 21.0 Å². The fourth-order valence-electron chi connectivity index (χ4n) is 2.72. The maximum atomic E-state index is 12.8. The van der Waals surface area contributed by atoms with Crippen LogP contribution in [0.3, 0.4) is 0 Å². The Morgan fingerprint density at radius 2 is 1.65 bits per heavy atom. The Morgan fingerprint density at radius 3 is 2.26 bits per heavy atom. The van der Waals surface area contributed by atoms with Crippen LogP contribution in [0.5, 0.6) is 5.75 Å². The molecule has 3 aromatic carbocycles. The Morgan fingerprint density at radius 1 is 0.971 bits per heavy atom. The highest BCUT2D eigenvalue weighted by Gasteiger charge is 2.31. The fourth-order valence-corrected chi connectivity index (χ4v) is 4.11. The van der Waals surface area contributed by atoms with Crippen molar-refractivity contribution in [3.05, 3.63) is 81.8 Å². The molecule has 0 atom stereocenters. The van der Waals surface area contributed by atoms with Crippen molar-refractivity contribution < 1.29 is 31.1 Å². The molecule has 0 spiro atoms. The van der Waals surface area contributed by atoms with E-state index in [1.54, 1.807) is 19.1 Å². The zero-order valence-corrected chi connectivity index (χ0v) is 19.7. The maximum absolute atomic E-state index is 12.8. The number of carbonyl (C=O) groups is 1. The number of carbonyl (C=O) groups excluding carboxylic acids is 1. The Labute approximate surface area is 203 Å². The van der Waals surface area contributed by atoms with Crippen LogP contribution in [0, 0.1) is 6.92 Å². The first-order chi connectivity index (χ1) is 15.8. The topological polar surface area (TPSA) is 84.5 Å². The molecule has 0 fully saturated rings. The summed E-state index contributed by atoms with van der Waals surface area (Å²) in [5.74, 6) is -0.585. The van der Waals surface area contributed by atoms with Crippen molar-refractivity contribution in [3.8, 4) is 5.75 Å². The molecular formula is C22H17Cl2F3N2O4S.